The smallest absolute Gasteiger partial charge is 0.276 e. The van der Waals surface area contributed by atoms with Crippen molar-refractivity contribution in [2.75, 3.05) is 30.9 Å². The van der Waals surface area contributed by atoms with E-state index < -0.39 is 0 Å². The van der Waals surface area contributed by atoms with Gasteiger partial charge in [0.05, 0.1) is 17.9 Å². The third kappa shape index (κ3) is 4.10. The molecule has 7 heteroatoms. The molecule has 136 valence electrons. The Hall–Kier alpha value is -2.57. The van der Waals surface area contributed by atoms with Crippen molar-refractivity contribution in [3.05, 3.63) is 40.1 Å². The Morgan fingerprint density at radius 1 is 1.36 bits per heavy atom. The van der Waals surface area contributed by atoms with Gasteiger partial charge in [-0.25, -0.2) is 4.98 Å². The van der Waals surface area contributed by atoms with Gasteiger partial charge in [-0.15, -0.1) is 0 Å². The summed E-state index contributed by atoms with van der Waals surface area (Å²) in [4.78, 5) is 23.9. The summed E-state index contributed by atoms with van der Waals surface area (Å²) in [5, 5.41) is 4.46. The molecule has 0 saturated carbocycles. The molecular formula is C18H28N6O. The van der Waals surface area contributed by atoms with Crippen molar-refractivity contribution in [2.45, 2.75) is 33.2 Å². The van der Waals surface area contributed by atoms with Crippen LogP contribution in [0.25, 0.3) is 5.57 Å². The fourth-order valence-corrected chi connectivity index (χ4v) is 2.75. The number of aromatic nitrogens is 4. The first kappa shape index (κ1) is 18.8. The van der Waals surface area contributed by atoms with E-state index in [9.17, 15) is 4.79 Å². The van der Waals surface area contributed by atoms with Crippen LogP contribution >= 0.6 is 0 Å². The zero-order valence-electron chi connectivity index (χ0n) is 16.1. The third-order valence-electron chi connectivity index (χ3n) is 4.14. The van der Waals surface area contributed by atoms with Crippen molar-refractivity contribution in [1.82, 2.24) is 19.7 Å². The summed E-state index contributed by atoms with van der Waals surface area (Å²) in [7, 11) is 7.49. The van der Waals surface area contributed by atoms with Crippen molar-refractivity contribution < 1.29 is 0 Å². The molecule has 2 rings (SSSR count). The van der Waals surface area contributed by atoms with E-state index in [0.29, 0.717) is 23.9 Å². The molecule has 1 N–H and O–H groups in total. The zero-order chi connectivity index (χ0) is 18.7. The molecule has 0 saturated heterocycles. The SMILES string of the molecule is C=C(CCC)c1nc(N(C)Cc2cc(C)n(C)n2)[nH]c(=O)c1N(C)C. The number of hydrogen-bond acceptors (Lipinski definition) is 5. The minimum absolute atomic E-state index is 0.161. The fraction of sp³-hybridized carbons (Fsp3) is 0.500. The molecule has 0 aliphatic heterocycles. The highest BCUT2D eigenvalue weighted by molar-refractivity contribution is 5.72. The van der Waals surface area contributed by atoms with E-state index in [2.05, 4.69) is 23.6 Å². The minimum atomic E-state index is -0.161. The molecule has 0 bridgehead atoms. The maximum absolute atomic E-state index is 12.6. The van der Waals surface area contributed by atoms with Crippen LogP contribution in [-0.2, 0) is 13.6 Å². The number of nitrogens with one attached hydrogen (secondary N) is 1. The Kier molecular flexibility index (Phi) is 5.66. The summed E-state index contributed by atoms with van der Waals surface area (Å²) in [6.07, 6.45) is 1.76. The molecule has 0 atom stereocenters. The molecular weight excluding hydrogens is 316 g/mol. The average Bonchev–Trinajstić information content (AvgIpc) is 2.84. The number of aromatic amines is 1. The zero-order valence-corrected chi connectivity index (χ0v) is 16.1. The van der Waals surface area contributed by atoms with Gasteiger partial charge in [0, 0.05) is 33.9 Å². The molecule has 0 spiro atoms. The van der Waals surface area contributed by atoms with Gasteiger partial charge < -0.3 is 9.80 Å². The van der Waals surface area contributed by atoms with E-state index in [0.717, 1.165) is 29.8 Å². The van der Waals surface area contributed by atoms with Gasteiger partial charge in [0.2, 0.25) is 5.95 Å². The summed E-state index contributed by atoms with van der Waals surface area (Å²) in [6.45, 7) is 8.78. The lowest BCUT2D eigenvalue weighted by Gasteiger charge is -2.21. The molecule has 2 aromatic rings. The molecule has 0 aliphatic rings. The predicted molar refractivity (Wildman–Crippen MR) is 103 cm³/mol. The van der Waals surface area contributed by atoms with Crippen molar-refractivity contribution in [1.29, 1.82) is 0 Å². The Labute approximate surface area is 149 Å². The van der Waals surface area contributed by atoms with Gasteiger partial charge in [-0.2, -0.15) is 5.10 Å². The van der Waals surface area contributed by atoms with Crippen LogP contribution in [-0.4, -0.2) is 40.9 Å². The number of nitrogens with zero attached hydrogens (tertiary/aromatic N) is 5. The van der Waals surface area contributed by atoms with Gasteiger partial charge in [0.1, 0.15) is 5.69 Å². The Bertz CT molecular complexity index is 798. The normalized spacial score (nSPS) is 10.8. The summed E-state index contributed by atoms with van der Waals surface area (Å²) < 4.78 is 1.84. The second-order valence-electron chi connectivity index (χ2n) is 6.59. The van der Waals surface area contributed by atoms with Crippen LogP contribution in [0.5, 0.6) is 0 Å². The average molecular weight is 344 g/mol. The summed E-state index contributed by atoms with van der Waals surface area (Å²) in [5.41, 5.74) is 3.94. The molecule has 2 aromatic heterocycles. The molecule has 2 heterocycles. The van der Waals surface area contributed by atoms with Gasteiger partial charge in [-0.1, -0.05) is 19.9 Å². The van der Waals surface area contributed by atoms with E-state index in [4.69, 9.17) is 4.98 Å². The second-order valence-corrected chi connectivity index (χ2v) is 6.59. The number of aryl methyl sites for hydroxylation is 2. The number of rotatable bonds is 7. The van der Waals surface area contributed by atoms with Gasteiger partial charge in [-0.3, -0.25) is 14.5 Å². The summed E-state index contributed by atoms with van der Waals surface area (Å²) in [6, 6.07) is 2.03. The van der Waals surface area contributed by atoms with E-state index in [-0.39, 0.29) is 5.56 Å². The lowest BCUT2D eigenvalue weighted by atomic mass is 10.1. The Morgan fingerprint density at radius 2 is 2.04 bits per heavy atom. The highest BCUT2D eigenvalue weighted by atomic mass is 16.1. The van der Waals surface area contributed by atoms with Crippen molar-refractivity contribution in [2.24, 2.45) is 7.05 Å². The van der Waals surface area contributed by atoms with Crippen LogP contribution < -0.4 is 15.4 Å². The third-order valence-corrected chi connectivity index (χ3v) is 4.14. The van der Waals surface area contributed by atoms with E-state index in [1.54, 1.807) is 4.90 Å². The fourth-order valence-electron chi connectivity index (χ4n) is 2.75. The summed E-state index contributed by atoms with van der Waals surface area (Å²) >= 11 is 0. The lowest BCUT2D eigenvalue weighted by molar-refractivity contribution is 0.711. The van der Waals surface area contributed by atoms with Crippen LogP contribution in [0.15, 0.2) is 17.4 Å². The lowest BCUT2D eigenvalue weighted by Crippen LogP contribution is -2.28. The standard InChI is InChI=1S/C18H28N6O/c1-8-9-12(2)15-16(22(4)5)17(25)20-18(19-15)23(6)11-14-10-13(3)24(7)21-14/h10H,2,8-9,11H2,1,3-7H3,(H,19,20,25). The highest BCUT2D eigenvalue weighted by Crippen LogP contribution is 2.24. The molecule has 0 aliphatic carbocycles. The van der Waals surface area contributed by atoms with E-state index in [1.165, 1.54) is 0 Å². The Morgan fingerprint density at radius 3 is 2.56 bits per heavy atom. The predicted octanol–water partition coefficient (Wildman–Crippen LogP) is 2.33. The topological polar surface area (TPSA) is 70.0 Å². The first-order valence-electron chi connectivity index (χ1n) is 8.45. The highest BCUT2D eigenvalue weighted by Gasteiger charge is 2.18. The van der Waals surface area contributed by atoms with Gasteiger partial charge in [0.25, 0.3) is 5.56 Å². The molecule has 0 radical (unpaired) electrons. The van der Waals surface area contributed by atoms with Gasteiger partial charge in [0.15, 0.2) is 0 Å². The van der Waals surface area contributed by atoms with Gasteiger partial charge in [-0.05, 0) is 25.0 Å². The first-order chi connectivity index (χ1) is 11.7. The molecule has 0 unspecified atom stereocenters. The van der Waals surface area contributed by atoms with E-state index in [1.807, 2.05) is 50.8 Å². The van der Waals surface area contributed by atoms with Crippen LogP contribution in [0.2, 0.25) is 0 Å². The van der Waals surface area contributed by atoms with Gasteiger partial charge >= 0.3 is 0 Å². The monoisotopic (exact) mass is 344 g/mol. The number of allylic oxidation sites excluding steroid dienone is 1. The largest absolute Gasteiger partial charge is 0.371 e. The first-order valence-corrected chi connectivity index (χ1v) is 8.45. The van der Waals surface area contributed by atoms with Crippen molar-refractivity contribution in [3.8, 4) is 0 Å². The Balaban J connectivity index is 2.40. The second kappa shape index (κ2) is 7.55. The van der Waals surface area contributed by atoms with Crippen molar-refractivity contribution >= 4 is 17.2 Å². The number of H-pyrrole nitrogens is 1. The molecule has 25 heavy (non-hydrogen) atoms. The summed E-state index contributed by atoms with van der Waals surface area (Å²) in [5.74, 6) is 0.520. The molecule has 0 fully saturated rings. The van der Waals surface area contributed by atoms with Crippen LogP contribution in [0.4, 0.5) is 11.6 Å². The van der Waals surface area contributed by atoms with Crippen LogP contribution in [0.1, 0.15) is 36.8 Å². The van der Waals surface area contributed by atoms with E-state index >= 15 is 0 Å². The molecule has 0 aromatic carbocycles. The number of anilines is 2. The molecule has 7 nitrogen and oxygen atoms in total. The number of hydrogen-bond donors (Lipinski definition) is 1. The van der Waals surface area contributed by atoms with Crippen molar-refractivity contribution in [3.63, 3.8) is 0 Å². The minimum Gasteiger partial charge on any atom is -0.371 e. The quantitative estimate of drug-likeness (QED) is 0.835. The van der Waals surface area contributed by atoms with Crippen LogP contribution in [0, 0.1) is 6.92 Å². The maximum Gasteiger partial charge on any atom is 0.276 e. The van der Waals surface area contributed by atoms with Crippen LogP contribution in [0.3, 0.4) is 0 Å². The molecule has 0 amide bonds. The maximum atomic E-state index is 12.6.